The van der Waals surface area contributed by atoms with Crippen LogP contribution in [-0.2, 0) is 0 Å². The predicted octanol–water partition coefficient (Wildman–Crippen LogP) is 2.93. The third-order valence-electron chi connectivity index (χ3n) is 2.68. The molecular formula is C10H11BrN2O3. The molecule has 1 aromatic heterocycles. The molecule has 1 fully saturated rings. The summed E-state index contributed by atoms with van der Waals surface area (Å²) in [5.41, 5.74) is -0.0892. The molecule has 1 heterocycles. The molecule has 0 saturated heterocycles. The lowest BCUT2D eigenvalue weighted by Crippen LogP contribution is -2.19. The van der Waals surface area contributed by atoms with Gasteiger partial charge in [-0.2, -0.15) is 0 Å². The second-order valence-corrected chi connectivity index (χ2v) is 4.76. The van der Waals surface area contributed by atoms with Crippen molar-refractivity contribution in [1.82, 2.24) is 4.98 Å². The summed E-state index contributed by atoms with van der Waals surface area (Å²) in [6.45, 7) is 0.523. The second-order valence-electron chi connectivity index (χ2n) is 3.84. The molecule has 1 aromatic rings. The van der Waals surface area contributed by atoms with Gasteiger partial charge in [-0.15, -0.1) is 0 Å². The first-order valence-electron chi connectivity index (χ1n) is 5.09. The van der Waals surface area contributed by atoms with Crippen molar-refractivity contribution in [3.63, 3.8) is 0 Å². The summed E-state index contributed by atoms with van der Waals surface area (Å²) in [6, 6.07) is 1.41. The van der Waals surface area contributed by atoms with Gasteiger partial charge in [-0.1, -0.05) is 6.42 Å². The van der Waals surface area contributed by atoms with Crippen LogP contribution in [0.4, 0.5) is 5.69 Å². The van der Waals surface area contributed by atoms with E-state index in [1.54, 1.807) is 0 Å². The third kappa shape index (κ3) is 2.49. The first-order chi connectivity index (χ1) is 7.66. The summed E-state index contributed by atoms with van der Waals surface area (Å²) < 4.78 is 5.96. The van der Waals surface area contributed by atoms with E-state index in [0.717, 1.165) is 12.8 Å². The Morgan fingerprint density at radius 2 is 2.38 bits per heavy atom. The molecule has 0 N–H and O–H groups in total. The fourth-order valence-electron chi connectivity index (χ4n) is 1.51. The molecule has 0 unspecified atom stereocenters. The number of ether oxygens (including phenoxy) is 1. The Labute approximate surface area is 101 Å². The number of nitro groups is 1. The SMILES string of the molecule is O=[N+]([O-])c1cc(Br)cnc1OCC1CCC1. The van der Waals surface area contributed by atoms with Crippen LogP contribution in [0.1, 0.15) is 19.3 Å². The minimum atomic E-state index is -0.478. The zero-order valence-corrected chi connectivity index (χ0v) is 10.1. The van der Waals surface area contributed by atoms with Gasteiger partial charge < -0.3 is 4.74 Å². The van der Waals surface area contributed by atoms with E-state index in [4.69, 9.17) is 4.74 Å². The minimum Gasteiger partial charge on any atom is -0.473 e. The maximum atomic E-state index is 10.8. The van der Waals surface area contributed by atoms with Crippen LogP contribution < -0.4 is 4.74 Å². The Morgan fingerprint density at radius 3 is 2.94 bits per heavy atom. The molecular weight excluding hydrogens is 276 g/mol. The highest BCUT2D eigenvalue weighted by atomic mass is 79.9. The Balaban J connectivity index is 2.08. The van der Waals surface area contributed by atoms with Crippen molar-refractivity contribution in [3.05, 3.63) is 26.9 Å². The lowest BCUT2D eigenvalue weighted by atomic mass is 9.86. The van der Waals surface area contributed by atoms with Crippen molar-refractivity contribution in [1.29, 1.82) is 0 Å². The lowest BCUT2D eigenvalue weighted by Gasteiger charge is -2.24. The van der Waals surface area contributed by atoms with E-state index in [1.165, 1.54) is 18.7 Å². The van der Waals surface area contributed by atoms with Crippen molar-refractivity contribution >= 4 is 21.6 Å². The fourth-order valence-corrected chi connectivity index (χ4v) is 1.83. The van der Waals surface area contributed by atoms with Crippen LogP contribution >= 0.6 is 15.9 Å². The highest BCUT2D eigenvalue weighted by Crippen LogP contribution is 2.30. The molecule has 0 bridgehead atoms. The molecule has 6 heteroatoms. The molecule has 0 aromatic carbocycles. The van der Waals surface area contributed by atoms with Gasteiger partial charge in [0.15, 0.2) is 0 Å². The van der Waals surface area contributed by atoms with E-state index in [-0.39, 0.29) is 11.6 Å². The van der Waals surface area contributed by atoms with Crippen LogP contribution in [0.3, 0.4) is 0 Å². The molecule has 1 aliphatic carbocycles. The number of pyridine rings is 1. The largest absolute Gasteiger partial charge is 0.473 e. The van der Waals surface area contributed by atoms with Crippen LogP contribution in [0.5, 0.6) is 5.88 Å². The van der Waals surface area contributed by atoms with E-state index >= 15 is 0 Å². The number of aromatic nitrogens is 1. The van der Waals surface area contributed by atoms with Gasteiger partial charge in [-0.3, -0.25) is 10.1 Å². The fraction of sp³-hybridized carbons (Fsp3) is 0.500. The molecule has 1 saturated carbocycles. The maximum Gasteiger partial charge on any atom is 0.332 e. The van der Waals surface area contributed by atoms with Crippen LogP contribution in [0.2, 0.25) is 0 Å². The third-order valence-corrected chi connectivity index (χ3v) is 3.11. The van der Waals surface area contributed by atoms with Crippen LogP contribution in [0.25, 0.3) is 0 Å². The summed E-state index contributed by atoms with van der Waals surface area (Å²) in [7, 11) is 0. The Hall–Kier alpha value is -1.17. The molecule has 0 spiro atoms. The summed E-state index contributed by atoms with van der Waals surface area (Å²) >= 11 is 3.15. The Bertz CT molecular complexity index is 407. The quantitative estimate of drug-likeness (QED) is 0.631. The Morgan fingerprint density at radius 1 is 1.62 bits per heavy atom. The Kier molecular flexibility index (Phi) is 3.38. The van der Waals surface area contributed by atoms with E-state index in [9.17, 15) is 10.1 Å². The molecule has 86 valence electrons. The number of hydrogen-bond acceptors (Lipinski definition) is 4. The zero-order chi connectivity index (χ0) is 11.5. The average Bonchev–Trinajstić information content (AvgIpc) is 2.17. The highest BCUT2D eigenvalue weighted by molar-refractivity contribution is 9.10. The number of nitrogens with zero attached hydrogens (tertiary/aromatic N) is 2. The highest BCUT2D eigenvalue weighted by Gasteiger charge is 2.22. The summed E-state index contributed by atoms with van der Waals surface area (Å²) in [5, 5.41) is 10.8. The predicted molar refractivity (Wildman–Crippen MR) is 61.4 cm³/mol. The van der Waals surface area contributed by atoms with Gasteiger partial charge in [0.2, 0.25) is 0 Å². The molecule has 16 heavy (non-hydrogen) atoms. The van der Waals surface area contributed by atoms with E-state index in [0.29, 0.717) is 17.0 Å². The topological polar surface area (TPSA) is 65.3 Å². The van der Waals surface area contributed by atoms with E-state index in [2.05, 4.69) is 20.9 Å². The van der Waals surface area contributed by atoms with Crippen molar-refractivity contribution in [2.75, 3.05) is 6.61 Å². The van der Waals surface area contributed by atoms with Gasteiger partial charge >= 0.3 is 5.69 Å². The summed E-state index contributed by atoms with van der Waals surface area (Å²) in [4.78, 5) is 14.2. The van der Waals surface area contributed by atoms with Gasteiger partial charge in [0.25, 0.3) is 5.88 Å². The monoisotopic (exact) mass is 286 g/mol. The smallest absolute Gasteiger partial charge is 0.332 e. The number of halogens is 1. The van der Waals surface area contributed by atoms with Gasteiger partial charge in [-0.25, -0.2) is 4.98 Å². The van der Waals surface area contributed by atoms with Crippen molar-refractivity contribution in [2.24, 2.45) is 5.92 Å². The van der Waals surface area contributed by atoms with Gasteiger partial charge in [0.1, 0.15) is 0 Å². The zero-order valence-electron chi connectivity index (χ0n) is 8.56. The second kappa shape index (κ2) is 4.78. The van der Waals surface area contributed by atoms with Gasteiger partial charge in [-0.05, 0) is 34.7 Å². The van der Waals surface area contributed by atoms with Gasteiger partial charge in [0, 0.05) is 16.7 Å². The van der Waals surface area contributed by atoms with Crippen LogP contribution in [-0.4, -0.2) is 16.5 Å². The van der Waals surface area contributed by atoms with Crippen LogP contribution in [0.15, 0.2) is 16.7 Å². The molecule has 5 nitrogen and oxygen atoms in total. The number of hydrogen-bond donors (Lipinski definition) is 0. The lowest BCUT2D eigenvalue weighted by molar-refractivity contribution is -0.386. The summed E-state index contributed by atoms with van der Waals surface area (Å²) in [6.07, 6.45) is 5.02. The van der Waals surface area contributed by atoms with Crippen molar-refractivity contribution in [2.45, 2.75) is 19.3 Å². The normalized spacial score (nSPS) is 15.6. The molecule has 2 rings (SSSR count). The van der Waals surface area contributed by atoms with Crippen molar-refractivity contribution in [3.8, 4) is 5.88 Å². The van der Waals surface area contributed by atoms with E-state index < -0.39 is 4.92 Å². The van der Waals surface area contributed by atoms with Crippen molar-refractivity contribution < 1.29 is 9.66 Å². The minimum absolute atomic E-state index is 0.0892. The summed E-state index contributed by atoms with van der Waals surface area (Å²) in [5.74, 6) is 0.644. The molecule has 0 aliphatic heterocycles. The number of rotatable bonds is 4. The van der Waals surface area contributed by atoms with E-state index in [1.807, 2.05) is 0 Å². The maximum absolute atomic E-state index is 10.8. The van der Waals surface area contributed by atoms with Crippen LogP contribution in [0, 0.1) is 16.0 Å². The first-order valence-corrected chi connectivity index (χ1v) is 5.89. The molecule has 0 radical (unpaired) electrons. The molecule has 1 aliphatic rings. The first kappa shape index (κ1) is 11.3. The molecule has 0 atom stereocenters. The van der Waals surface area contributed by atoms with Gasteiger partial charge in [0.05, 0.1) is 11.5 Å². The molecule has 0 amide bonds. The standard InChI is InChI=1S/C10H11BrN2O3/c11-8-4-9(13(14)15)10(12-5-8)16-6-7-2-1-3-7/h4-5,7H,1-3,6H2. The average molecular weight is 287 g/mol.